The molecule has 5 heteroatoms. The molecule has 1 aliphatic rings. The molecule has 4 rings (SSSR count). The minimum Gasteiger partial charge on any atom is -0.493 e. The molecule has 32 heavy (non-hydrogen) atoms. The van der Waals surface area contributed by atoms with Crippen molar-refractivity contribution in [2.24, 2.45) is 0 Å². The van der Waals surface area contributed by atoms with E-state index in [2.05, 4.69) is 38.1 Å². The van der Waals surface area contributed by atoms with Gasteiger partial charge in [-0.2, -0.15) is 0 Å². The van der Waals surface area contributed by atoms with Crippen molar-refractivity contribution in [2.75, 3.05) is 32.9 Å². The number of morpholine rings is 1. The maximum absolute atomic E-state index is 12.8. The van der Waals surface area contributed by atoms with Crippen LogP contribution in [-0.4, -0.2) is 43.7 Å². The third-order valence-electron chi connectivity index (χ3n) is 6.09. The van der Waals surface area contributed by atoms with Crippen LogP contribution in [0.1, 0.15) is 36.1 Å². The Kier molecular flexibility index (Phi) is 6.38. The maximum Gasteiger partial charge on any atom is 0.247 e. The zero-order chi connectivity index (χ0) is 22.8. The second kappa shape index (κ2) is 9.21. The maximum atomic E-state index is 12.8. The molecule has 0 bridgehead atoms. The van der Waals surface area contributed by atoms with E-state index in [1.54, 1.807) is 6.08 Å². The molecule has 0 radical (unpaired) electrons. The summed E-state index contributed by atoms with van der Waals surface area (Å²) in [6, 6.07) is 8.55. The van der Waals surface area contributed by atoms with Gasteiger partial charge in [-0.05, 0) is 57.4 Å². The molecule has 0 aliphatic carbocycles. The third kappa shape index (κ3) is 4.17. The summed E-state index contributed by atoms with van der Waals surface area (Å²) >= 11 is 0. The van der Waals surface area contributed by atoms with Crippen LogP contribution in [0.4, 0.5) is 0 Å². The zero-order valence-corrected chi connectivity index (χ0v) is 19.6. The van der Waals surface area contributed by atoms with Crippen LogP contribution in [0.25, 0.3) is 27.7 Å². The number of carbonyl (C=O) groups is 1. The molecule has 5 nitrogen and oxygen atoms in total. The molecule has 1 aliphatic heterocycles. The van der Waals surface area contributed by atoms with Crippen molar-refractivity contribution >= 4 is 22.4 Å². The summed E-state index contributed by atoms with van der Waals surface area (Å²) in [5, 5.41) is 1.03. The van der Waals surface area contributed by atoms with Crippen molar-refractivity contribution in [3.05, 3.63) is 58.9 Å². The fourth-order valence-corrected chi connectivity index (χ4v) is 4.40. The molecule has 3 aromatic rings. The molecule has 0 unspecified atom stereocenters. The van der Waals surface area contributed by atoms with Crippen molar-refractivity contribution in [1.82, 2.24) is 4.90 Å². The lowest BCUT2D eigenvalue weighted by molar-refractivity contribution is -0.129. The van der Waals surface area contributed by atoms with Crippen LogP contribution in [0.5, 0.6) is 5.75 Å². The molecule has 0 N–H and O–H groups in total. The van der Waals surface area contributed by atoms with Gasteiger partial charge in [0.2, 0.25) is 5.91 Å². The van der Waals surface area contributed by atoms with E-state index in [0.29, 0.717) is 32.9 Å². The molecule has 1 saturated heterocycles. The van der Waals surface area contributed by atoms with Crippen molar-refractivity contribution < 1.29 is 18.7 Å². The lowest BCUT2D eigenvalue weighted by Gasteiger charge is -2.26. The fourth-order valence-electron chi connectivity index (χ4n) is 4.40. The molecule has 0 saturated carbocycles. The Morgan fingerprint density at radius 2 is 1.88 bits per heavy atom. The molecular weight excluding hydrogens is 402 g/mol. The lowest BCUT2D eigenvalue weighted by atomic mass is 9.94. The quantitative estimate of drug-likeness (QED) is 0.485. The highest BCUT2D eigenvalue weighted by Gasteiger charge is 2.21. The van der Waals surface area contributed by atoms with E-state index < -0.39 is 0 Å². The Morgan fingerprint density at radius 1 is 1.12 bits per heavy atom. The SMILES string of the molecule is CCOc1c(/C(C)=C/C(=O)N2CCOCC2)cc2c(-c3ccc(C)cc3C)coc2c1C. The minimum absolute atomic E-state index is 0.00722. The van der Waals surface area contributed by atoms with Gasteiger partial charge < -0.3 is 18.8 Å². The van der Waals surface area contributed by atoms with Crippen LogP contribution in [0.15, 0.2) is 41.0 Å². The Labute approximate surface area is 189 Å². The second-order valence-corrected chi connectivity index (χ2v) is 8.42. The minimum atomic E-state index is 0.00722. The van der Waals surface area contributed by atoms with Crippen LogP contribution in [0.2, 0.25) is 0 Å². The summed E-state index contributed by atoms with van der Waals surface area (Å²) in [7, 11) is 0. The highest BCUT2D eigenvalue weighted by molar-refractivity contribution is 6.02. The molecule has 2 heterocycles. The van der Waals surface area contributed by atoms with Crippen LogP contribution in [0, 0.1) is 20.8 Å². The predicted molar refractivity (Wildman–Crippen MR) is 128 cm³/mol. The fraction of sp³-hybridized carbons (Fsp3) is 0.370. The van der Waals surface area contributed by atoms with E-state index in [9.17, 15) is 4.79 Å². The smallest absolute Gasteiger partial charge is 0.247 e. The number of aryl methyl sites for hydroxylation is 3. The monoisotopic (exact) mass is 433 g/mol. The van der Waals surface area contributed by atoms with Gasteiger partial charge in [-0.3, -0.25) is 4.79 Å². The first-order chi connectivity index (χ1) is 15.4. The number of benzene rings is 2. The van der Waals surface area contributed by atoms with E-state index in [0.717, 1.165) is 44.5 Å². The summed E-state index contributed by atoms with van der Waals surface area (Å²) in [4.78, 5) is 14.7. The molecule has 1 aromatic heterocycles. The van der Waals surface area contributed by atoms with Gasteiger partial charge in [0, 0.05) is 41.2 Å². The molecule has 168 valence electrons. The highest BCUT2D eigenvalue weighted by Crippen LogP contribution is 2.41. The average Bonchev–Trinajstić information content (AvgIpc) is 3.20. The summed E-state index contributed by atoms with van der Waals surface area (Å²) in [5.41, 5.74) is 8.20. The summed E-state index contributed by atoms with van der Waals surface area (Å²) in [6.45, 7) is 13.1. The van der Waals surface area contributed by atoms with Gasteiger partial charge in [0.25, 0.3) is 0 Å². The topological polar surface area (TPSA) is 51.9 Å². The number of fused-ring (bicyclic) bond motifs is 1. The Morgan fingerprint density at radius 3 is 2.56 bits per heavy atom. The standard InChI is InChI=1S/C27H31NO4/c1-6-31-26-20(5)27-23(24(16-32-27)21-8-7-17(2)13-18(21)3)15-22(26)19(4)14-25(29)28-9-11-30-12-10-28/h7-8,13-16H,6,9-12H2,1-5H3/b19-14+. The van der Waals surface area contributed by atoms with Crippen LogP contribution < -0.4 is 4.74 Å². The number of furan rings is 1. The van der Waals surface area contributed by atoms with E-state index in [4.69, 9.17) is 13.9 Å². The Bertz CT molecular complexity index is 1180. The van der Waals surface area contributed by atoms with Crippen molar-refractivity contribution in [2.45, 2.75) is 34.6 Å². The van der Waals surface area contributed by atoms with Crippen molar-refractivity contribution in [1.29, 1.82) is 0 Å². The van der Waals surface area contributed by atoms with E-state index in [1.165, 1.54) is 11.1 Å². The van der Waals surface area contributed by atoms with Crippen LogP contribution in [-0.2, 0) is 9.53 Å². The Hall–Kier alpha value is -3.05. The summed E-state index contributed by atoms with van der Waals surface area (Å²) in [6.07, 6.45) is 3.54. The second-order valence-electron chi connectivity index (χ2n) is 8.42. The summed E-state index contributed by atoms with van der Waals surface area (Å²) in [5.74, 6) is 0.776. The first kappa shape index (κ1) is 22.2. The molecule has 2 aromatic carbocycles. The van der Waals surface area contributed by atoms with Crippen LogP contribution >= 0.6 is 0 Å². The number of rotatable bonds is 5. The molecule has 0 spiro atoms. The van der Waals surface area contributed by atoms with E-state index >= 15 is 0 Å². The number of hydrogen-bond donors (Lipinski definition) is 0. The largest absolute Gasteiger partial charge is 0.493 e. The number of amides is 1. The van der Waals surface area contributed by atoms with Gasteiger partial charge in [0.1, 0.15) is 11.3 Å². The first-order valence-electron chi connectivity index (χ1n) is 11.2. The van der Waals surface area contributed by atoms with Gasteiger partial charge in [0.15, 0.2) is 0 Å². The normalized spacial score (nSPS) is 14.8. The predicted octanol–water partition coefficient (Wildman–Crippen LogP) is 5.69. The van der Waals surface area contributed by atoms with Gasteiger partial charge in [0.05, 0.1) is 26.1 Å². The van der Waals surface area contributed by atoms with Crippen LogP contribution in [0.3, 0.4) is 0 Å². The number of ether oxygens (including phenoxy) is 2. The van der Waals surface area contributed by atoms with Crippen molar-refractivity contribution in [3.63, 3.8) is 0 Å². The number of nitrogens with zero attached hydrogens (tertiary/aromatic N) is 1. The van der Waals surface area contributed by atoms with Gasteiger partial charge >= 0.3 is 0 Å². The van der Waals surface area contributed by atoms with Gasteiger partial charge in [-0.1, -0.05) is 23.8 Å². The Balaban J connectivity index is 1.84. The third-order valence-corrected chi connectivity index (χ3v) is 6.09. The lowest BCUT2D eigenvalue weighted by Crippen LogP contribution is -2.39. The molecule has 1 fully saturated rings. The summed E-state index contributed by atoms with van der Waals surface area (Å²) < 4.78 is 17.4. The average molecular weight is 434 g/mol. The molecular formula is C27H31NO4. The molecule has 1 amide bonds. The number of allylic oxidation sites excluding steroid dienone is 1. The number of hydrogen-bond acceptors (Lipinski definition) is 4. The van der Waals surface area contributed by atoms with Gasteiger partial charge in [-0.15, -0.1) is 0 Å². The zero-order valence-electron chi connectivity index (χ0n) is 19.6. The number of carbonyl (C=O) groups excluding carboxylic acids is 1. The van der Waals surface area contributed by atoms with E-state index in [1.807, 2.05) is 31.9 Å². The first-order valence-corrected chi connectivity index (χ1v) is 11.2. The highest BCUT2D eigenvalue weighted by atomic mass is 16.5. The van der Waals surface area contributed by atoms with E-state index in [-0.39, 0.29) is 5.91 Å². The van der Waals surface area contributed by atoms with Crippen molar-refractivity contribution in [3.8, 4) is 16.9 Å². The molecule has 0 atom stereocenters. The van der Waals surface area contributed by atoms with Gasteiger partial charge in [-0.25, -0.2) is 0 Å².